The van der Waals surface area contributed by atoms with E-state index >= 15 is 0 Å². The van der Waals surface area contributed by atoms with E-state index in [0.717, 1.165) is 6.20 Å². The van der Waals surface area contributed by atoms with Crippen LogP contribution in [-0.4, -0.2) is 47.3 Å². The van der Waals surface area contributed by atoms with Crippen molar-refractivity contribution in [2.75, 3.05) is 13.1 Å². The third-order valence-corrected chi connectivity index (χ3v) is 2.20. The van der Waals surface area contributed by atoms with Crippen LogP contribution in [-0.2, 0) is 4.79 Å². The van der Waals surface area contributed by atoms with Gasteiger partial charge in [-0.1, -0.05) is 0 Å². The summed E-state index contributed by atoms with van der Waals surface area (Å²) in [4.78, 5) is 40.7. The van der Waals surface area contributed by atoms with Crippen LogP contribution in [0.5, 0.6) is 0 Å². The predicted octanol–water partition coefficient (Wildman–Crippen LogP) is 0.00582. The van der Waals surface area contributed by atoms with Crippen molar-refractivity contribution in [1.82, 2.24) is 20.6 Å². The summed E-state index contributed by atoms with van der Waals surface area (Å²) >= 11 is 0. The molecular weight excluding hydrogens is 293 g/mol. The zero-order valence-corrected chi connectivity index (χ0v) is 10.8. The molecule has 7 nitrogen and oxygen atoms in total. The molecule has 21 heavy (non-hydrogen) atoms. The largest absolute Gasteiger partial charge is 0.405 e. The normalized spacial score (nSPS) is 10.9. The fourth-order valence-electron chi connectivity index (χ4n) is 1.28. The second-order valence-corrected chi connectivity index (χ2v) is 3.92. The lowest BCUT2D eigenvalue weighted by molar-refractivity contribution is -0.137. The van der Waals surface area contributed by atoms with Crippen LogP contribution in [0, 0.1) is 6.92 Å². The van der Waals surface area contributed by atoms with Crippen LogP contribution in [0.4, 0.5) is 13.2 Å². The Hall–Kier alpha value is -2.52. The molecule has 0 radical (unpaired) electrons. The van der Waals surface area contributed by atoms with Crippen LogP contribution in [0.15, 0.2) is 6.20 Å². The zero-order valence-electron chi connectivity index (χ0n) is 10.8. The molecule has 0 unspecified atom stereocenters. The van der Waals surface area contributed by atoms with Crippen LogP contribution < -0.4 is 10.6 Å². The van der Waals surface area contributed by atoms with Crippen LogP contribution in [0.25, 0.3) is 0 Å². The highest BCUT2D eigenvalue weighted by molar-refractivity contribution is 5.95. The summed E-state index contributed by atoms with van der Waals surface area (Å²) in [7, 11) is 0. The lowest BCUT2D eigenvalue weighted by Gasteiger charge is -2.09. The SMILES string of the molecule is Cc1nc(C=O)cnc1C(=O)NCC(=O)NCC(F)(F)F. The van der Waals surface area contributed by atoms with Gasteiger partial charge in [-0.25, -0.2) is 9.97 Å². The first-order chi connectivity index (χ1) is 9.73. The Morgan fingerprint density at radius 3 is 2.52 bits per heavy atom. The van der Waals surface area contributed by atoms with Crippen molar-refractivity contribution >= 4 is 18.1 Å². The highest BCUT2D eigenvalue weighted by atomic mass is 19.4. The molecule has 0 saturated carbocycles. The molecule has 0 aromatic carbocycles. The number of aldehydes is 1. The van der Waals surface area contributed by atoms with Gasteiger partial charge in [0.15, 0.2) is 6.29 Å². The van der Waals surface area contributed by atoms with Gasteiger partial charge in [0, 0.05) is 0 Å². The van der Waals surface area contributed by atoms with Gasteiger partial charge in [0.05, 0.1) is 18.4 Å². The Bertz CT molecular complexity index is 560. The number of aromatic nitrogens is 2. The maximum atomic E-state index is 11.9. The maximum Gasteiger partial charge on any atom is 0.405 e. The number of halogens is 3. The number of carbonyl (C=O) groups is 3. The van der Waals surface area contributed by atoms with Crippen molar-refractivity contribution < 1.29 is 27.6 Å². The van der Waals surface area contributed by atoms with Crippen LogP contribution >= 0.6 is 0 Å². The van der Waals surface area contributed by atoms with Crippen molar-refractivity contribution in [3.63, 3.8) is 0 Å². The molecule has 0 spiro atoms. The average molecular weight is 304 g/mol. The summed E-state index contributed by atoms with van der Waals surface area (Å²) in [6.07, 6.45) is -3.00. The number of amides is 2. The molecule has 1 rings (SSSR count). The second-order valence-electron chi connectivity index (χ2n) is 3.92. The van der Waals surface area contributed by atoms with E-state index in [0.29, 0.717) is 6.29 Å². The van der Waals surface area contributed by atoms with Crippen LogP contribution in [0.3, 0.4) is 0 Å². The maximum absolute atomic E-state index is 11.9. The minimum atomic E-state index is -4.52. The molecule has 0 fully saturated rings. The summed E-state index contributed by atoms with van der Waals surface area (Å²) in [5.74, 6) is -1.77. The summed E-state index contributed by atoms with van der Waals surface area (Å²) in [6.45, 7) is -0.682. The summed E-state index contributed by atoms with van der Waals surface area (Å²) < 4.78 is 35.6. The van der Waals surface area contributed by atoms with Crippen LogP contribution in [0.1, 0.15) is 26.7 Å². The third kappa shape index (κ3) is 5.55. The van der Waals surface area contributed by atoms with Gasteiger partial charge in [0.2, 0.25) is 5.91 Å². The van der Waals surface area contributed by atoms with Gasteiger partial charge in [0.25, 0.3) is 5.91 Å². The summed E-state index contributed by atoms with van der Waals surface area (Å²) in [5, 5.41) is 3.71. The molecular formula is C11H11F3N4O3. The van der Waals surface area contributed by atoms with E-state index in [9.17, 15) is 27.6 Å². The molecule has 2 amide bonds. The molecule has 0 saturated heterocycles. The summed E-state index contributed by atoms with van der Waals surface area (Å²) in [6, 6.07) is 0. The Labute approximate surface area is 117 Å². The standard InChI is InChI=1S/C11H11F3N4O3/c1-6-9(15-2-7(4-19)18-6)10(21)16-3-8(20)17-5-11(12,13)14/h2,4H,3,5H2,1H3,(H,16,21)(H,17,20). The lowest BCUT2D eigenvalue weighted by Crippen LogP contribution is -2.41. The van der Waals surface area contributed by atoms with E-state index in [1.807, 2.05) is 0 Å². The Morgan fingerprint density at radius 2 is 2.00 bits per heavy atom. The quantitative estimate of drug-likeness (QED) is 0.746. The van der Waals surface area contributed by atoms with Gasteiger partial charge >= 0.3 is 6.18 Å². The Morgan fingerprint density at radius 1 is 1.33 bits per heavy atom. The number of hydrogen-bond acceptors (Lipinski definition) is 5. The fraction of sp³-hybridized carbons (Fsp3) is 0.364. The second kappa shape index (κ2) is 6.77. The number of nitrogens with zero attached hydrogens (tertiary/aromatic N) is 2. The third-order valence-electron chi connectivity index (χ3n) is 2.20. The van der Waals surface area contributed by atoms with E-state index in [1.165, 1.54) is 6.92 Å². The number of carbonyl (C=O) groups excluding carboxylic acids is 3. The number of aryl methyl sites for hydroxylation is 1. The molecule has 0 atom stereocenters. The van der Waals surface area contributed by atoms with Gasteiger partial charge in [-0.2, -0.15) is 13.2 Å². The zero-order chi connectivity index (χ0) is 16.0. The van der Waals surface area contributed by atoms with Gasteiger partial charge in [-0.05, 0) is 6.92 Å². The topological polar surface area (TPSA) is 101 Å². The lowest BCUT2D eigenvalue weighted by atomic mass is 10.3. The number of hydrogen-bond donors (Lipinski definition) is 2. The van der Waals surface area contributed by atoms with E-state index in [4.69, 9.17) is 0 Å². The van der Waals surface area contributed by atoms with Crippen molar-refractivity contribution in [2.45, 2.75) is 13.1 Å². The van der Waals surface area contributed by atoms with Crippen molar-refractivity contribution in [1.29, 1.82) is 0 Å². The first kappa shape index (κ1) is 16.5. The molecule has 1 aromatic rings. The van der Waals surface area contributed by atoms with Crippen molar-refractivity contribution in [3.05, 3.63) is 23.3 Å². The molecule has 0 aliphatic rings. The minimum Gasteiger partial charge on any atom is -0.345 e. The highest BCUT2D eigenvalue weighted by Crippen LogP contribution is 2.11. The number of alkyl halides is 3. The first-order valence-corrected chi connectivity index (χ1v) is 5.63. The fourth-order valence-corrected chi connectivity index (χ4v) is 1.28. The number of rotatable bonds is 5. The van der Waals surface area contributed by atoms with Crippen molar-refractivity contribution in [3.8, 4) is 0 Å². The molecule has 0 aliphatic carbocycles. The molecule has 1 aromatic heterocycles. The molecule has 10 heteroatoms. The molecule has 114 valence electrons. The molecule has 0 bridgehead atoms. The average Bonchev–Trinajstić information content (AvgIpc) is 2.41. The van der Waals surface area contributed by atoms with Gasteiger partial charge in [-0.3, -0.25) is 14.4 Å². The Kier molecular flexibility index (Phi) is 5.33. The monoisotopic (exact) mass is 304 g/mol. The van der Waals surface area contributed by atoms with E-state index in [-0.39, 0.29) is 17.1 Å². The van der Waals surface area contributed by atoms with Crippen LogP contribution in [0.2, 0.25) is 0 Å². The Balaban J connectivity index is 2.54. The minimum absolute atomic E-state index is 0.0342. The smallest absolute Gasteiger partial charge is 0.345 e. The summed E-state index contributed by atoms with van der Waals surface area (Å²) in [5.41, 5.74) is 0.0731. The van der Waals surface area contributed by atoms with Gasteiger partial charge in [-0.15, -0.1) is 0 Å². The highest BCUT2D eigenvalue weighted by Gasteiger charge is 2.27. The van der Waals surface area contributed by atoms with Crippen molar-refractivity contribution in [2.24, 2.45) is 0 Å². The predicted molar refractivity (Wildman–Crippen MR) is 63.6 cm³/mol. The van der Waals surface area contributed by atoms with E-state index in [1.54, 1.807) is 5.32 Å². The van der Waals surface area contributed by atoms with Gasteiger partial charge < -0.3 is 10.6 Å². The molecule has 1 heterocycles. The van der Waals surface area contributed by atoms with Gasteiger partial charge in [0.1, 0.15) is 17.9 Å². The van der Waals surface area contributed by atoms with E-state index in [2.05, 4.69) is 15.3 Å². The molecule has 0 aliphatic heterocycles. The van der Waals surface area contributed by atoms with E-state index < -0.39 is 31.1 Å². The number of nitrogens with one attached hydrogen (secondary N) is 2. The molecule has 2 N–H and O–H groups in total. The first-order valence-electron chi connectivity index (χ1n) is 5.63.